The molecule has 0 amide bonds. The maximum Gasteiger partial charge on any atom is 0.162 e. The second kappa shape index (κ2) is 4.94. The van der Waals surface area contributed by atoms with Crippen LogP contribution in [0.25, 0.3) is 11.0 Å². The van der Waals surface area contributed by atoms with E-state index in [0.29, 0.717) is 0 Å². The molecule has 0 unspecified atom stereocenters. The number of hydrogen-bond donors (Lipinski definition) is 0. The molecule has 0 atom stereocenters. The van der Waals surface area contributed by atoms with Crippen LogP contribution in [0.5, 0.6) is 0 Å². The highest BCUT2D eigenvalue weighted by Gasteiger charge is 2.09. The fraction of sp³-hybridized carbons (Fsp3) is 0.200. The number of rotatable bonds is 3. The van der Waals surface area contributed by atoms with Gasteiger partial charge < -0.3 is 0 Å². The lowest BCUT2D eigenvalue weighted by atomic mass is 10.4. The summed E-state index contributed by atoms with van der Waals surface area (Å²) in [4.78, 5) is 12.8. The Balaban J connectivity index is 1.86. The summed E-state index contributed by atoms with van der Waals surface area (Å²) in [6, 6.07) is 0. The average molecular weight is 342 g/mol. The Morgan fingerprint density at radius 1 is 1.33 bits per heavy atom. The van der Waals surface area contributed by atoms with Crippen LogP contribution >= 0.6 is 39.0 Å². The summed E-state index contributed by atoms with van der Waals surface area (Å²) < 4.78 is 2.80. The molecule has 8 heteroatoms. The van der Waals surface area contributed by atoms with E-state index in [9.17, 15) is 0 Å². The summed E-state index contributed by atoms with van der Waals surface area (Å²) in [6.45, 7) is 0. The third-order valence-electron chi connectivity index (χ3n) is 2.35. The smallest absolute Gasteiger partial charge is 0.162 e. The third-order valence-corrected chi connectivity index (χ3v) is 5.03. The molecule has 0 saturated heterocycles. The van der Waals surface area contributed by atoms with E-state index in [-0.39, 0.29) is 0 Å². The molecule has 0 aliphatic carbocycles. The Hall–Kier alpha value is -0.990. The molecule has 0 aliphatic heterocycles. The minimum absolute atomic E-state index is 0.803. The van der Waals surface area contributed by atoms with E-state index in [4.69, 9.17) is 0 Å². The molecule has 0 aliphatic rings. The Bertz CT molecular complexity index is 692. The number of fused-ring (bicyclic) bond motifs is 1. The topological polar surface area (TPSA) is 56.5 Å². The van der Waals surface area contributed by atoms with Crippen LogP contribution < -0.4 is 0 Å². The van der Waals surface area contributed by atoms with Crippen molar-refractivity contribution in [2.24, 2.45) is 7.05 Å². The van der Waals surface area contributed by atoms with Crippen LogP contribution in [-0.2, 0) is 12.8 Å². The minimum Gasteiger partial charge on any atom is -0.250 e. The van der Waals surface area contributed by atoms with Crippen molar-refractivity contribution in [2.45, 2.75) is 10.8 Å². The number of thioether (sulfide) groups is 1. The van der Waals surface area contributed by atoms with Crippen LogP contribution in [0.4, 0.5) is 0 Å². The number of hydrogen-bond acceptors (Lipinski definition) is 6. The van der Waals surface area contributed by atoms with Gasteiger partial charge in [-0.25, -0.2) is 15.0 Å². The lowest BCUT2D eigenvalue weighted by Crippen LogP contribution is -1.92. The zero-order valence-corrected chi connectivity index (χ0v) is 12.6. The number of thiazole rings is 1. The molecular formula is C10H8BrN5S2. The summed E-state index contributed by atoms with van der Waals surface area (Å²) in [5, 5.41) is 7.20. The Kier molecular flexibility index (Phi) is 3.31. The van der Waals surface area contributed by atoms with Crippen LogP contribution in [0.15, 0.2) is 27.5 Å². The van der Waals surface area contributed by atoms with Crippen molar-refractivity contribution in [3.05, 3.63) is 27.5 Å². The molecule has 3 rings (SSSR count). The van der Waals surface area contributed by atoms with Crippen molar-refractivity contribution in [1.82, 2.24) is 24.7 Å². The molecule has 3 heterocycles. The molecule has 0 bridgehead atoms. The first-order valence-corrected chi connectivity index (χ1v) is 7.69. The van der Waals surface area contributed by atoms with E-state index in [1.807, 2.05) is 13.2 Å². The molecule has 0 N–H and O–H groups in total. The van der Waals surface area contributed by atoms with E-state index in [0.717, 1.165) is 30.6 Å². The van der Waals surface area contributed by atoms with Gasteiger partial charge in [0.05, 0.1) is 27.3 Å². The predicted molar refractivity (Wildman–Crippen MR) is 75.7 cm³/mol. The summed E-state index contributed by atoms with van der Waals surface area (Å²) in [5.74, 6) is 0.803. The molecule has 3 aromatic heterocycles. The van der Waals surface area contributed by atoms with Crippen LogP contribution in [-0.4, -0.2) is 24.7 Å². The number of halogens is 1. The predicted octanol–water partition coefficient (Wildman–Crippen LogP) is 2.87. The number of aryl methyl sites for hydroxylation is 1. The molecule has 0 aromatic carbocycles. The summed E-state index contributed by atoms with van der Waals surface area (Å²) >= 11 is 6.70. The lowest BCUT2D eigenvalue weighted by molar-refractivity contribution is 0.784. The minimum atomic E-state index is 0.803. The SMILES string of the molecule is Cn1ncc2c(SCc3ncc(Br)s3)ncnc21. The van der Waals surface area contributed by atoms with Gasteiger partial charge in [0, 0.05) is 7.05 Å². The van der Waals surface area contributed by atoms with Crippen LogP contribution in [0.3, 0.4) is 0 Å². The first-order valence-electron chi connectivity index (χ1n) is 5.10. The highest BCUT2D eigenvalue weighted by molar-refractivity contribution is 9.11. The normalized spacial score (nSPS) is 11.2. The first-order chi connectivity index (χ1) is 8.74. The summed E-state index contributed by atoms with van der Waals surface area (Å²) in [5.41, 5.74) is 0.854. The molecule has 0 radical (unpaired) electrons. The maximum absolute atomic E-state index is 4.31. The van der Waals surface area contributed by atoms with E-state index in [1.54, 1.807) is 40.3 Å². The Morgan fingerprint density at radius 3 is 3.00 bits per heavy atom. The van der Waals surface area contributed by atoms with Gasteiger partial charge in [0.2, 0.25) is 0 Å². The molecule has 18 heavy (non-hydrogen) atoms. The van der Waals surface area contributed by atoms with Crippen LogP contribution in [0.1, 0.15) is 5.01 Å². The zero-order chi connectivity index (χ0) is 12.5. The van der Waals surface area contributed by atoms with E-state index >= 15 is 0 Å². The van der Waals surface area contributed by atoms with Gasteiger partial charge in [-0.1, -0.05) is 11.8 Å². The lowest BCUT2D eigenvalue weighted by Gasteiger charge is -1.99. The van der Waals surface area contributed by atoms with Gasteiger partial charge in [-0.05, 0) is 15.9 Å². The molecule has 5 nitrogen and oxygen atoms in total. The molecule has 0 saturated carbocycles. The number of nitrogens with zero attached hydrogens (tertiary/aromatic N) is 5. The van der Waals surface area contributed by atoms with Gasteiger partial charge in [-0.15, -0.1) is 11.3 Å². The molecule has 3 aromatic rings. The molecular weight excluding hydrogens is 334 g/mol. The standard InChI is InChI=1S/C10H8BrN5S2/c1-16-9-6(2-15-16)10(14-5-13-9)17-4-8-12-3-7(11)18-8/h2-3,5H,4H2,1H3. The monoisotopic (exact) mass is 341 g/mol. The van der Waals surface area contributed by atoms with Crippen molar-refractivity contribution >= 4 is 50.1 Å². The van der Waals surface area contributed by atoms with Crippen molar-refractivity contribution in [3.8, 4) is 0 Å². The van der Waals surface area contributed by atoms with Crippen molar-refractivity contribution in [2.75, 3.05) is 0 Å². The van der Waals surface area contributed by atoms with Crippen LogP contribution in [0.2, 0.25) is 0 Å². The summed E-state index contributed by atoms with van der Waals surface area (Å²) in [6.07, 6.45) is 5.19. The van der Waals surface area contributed by atoms with Gasteiger partial charge in [0.25, 0.3) is 0 Å². The van der Waals surface area contributed by atoms with Gasteiger partial charge in [0.15, 0.2) is 5.65 Å². The van der Waals surface area contributed by atoms with Crippen molar-refractivity contribution < 1.29 is 0 Å². The maximum atomic E-state index is 4.31. The van der Waals surface area contributed by atoms with E-state index in [1.165, 1.54) is 0 Å². The van der Waals surface area contributed by atoms with E-state index < -0.39 is 0 Å². The second-order valence-electron chi connectivity index (χ2n) is 3.53. The molecule has 0 spiro atoms. The van der Waals surface area contributed by atoms with Gasteiger partial charge in [-0.2, -0.15) is 5.10 Å². The fourth-order valence-electron chi connectivity index (χ4n) is 1.54. The third kappa shape index (κ3) is 2.27. The highest BCUT2D eigenvalue weighted by Crippen LogP contribution is 2.29. The van der Waals surface area contributed by atoms with Gasteiger partial charge in [-0.3, -0.25) is 4.68 Å². The first kappa shape index (κ1) is 12.1. The fourth-order valence-corrected chi connectivity index (χ4v) is 3.81. The van der Waals surface area contributed by atoms with Gasteiger partial charge >= 0.3 is 0 Å². The highest BCUT2D eigenvalue weighted by atomic mass is 79.9. The quantitative estimate of drug-likeness (QED) is 0.541. The van der Waals surface area contributed by atoms with Crippen molar-refractivity contribution in [1.29, 1.82) is 0 Å². The average Bonchev–Trinajstić information content (AvgIpc) is 2.94. The Morgan fingerprint density at radius 2 is 2.22 bits per heavy atom. The molecule has 92 valence electrons. The van der Waals surface area contributed by atoms with E-state index in [2.05, 4.69) is 36.0 Å². The van der Waals surface area contributed by atoms with Crippen LogP contribution in [0, 0.1) is 0 Å². The van der Waals surface area contributed by atoms with Gasteiger partial charge in [0.1, 0.15) is 16.4 Å². The van der Waals surface area contributed by atoms with Crippen molar-refractivity contribution in [3.63, 3.8) is 0 Å². The largest absolute Gasteiger partial charge is 0.250 e. The summed E-state index contributed by atoms with van der Waals surface area (Å²) in [7, 11) is 1.88. The molecule has 0 fully saturated rings. The Labute approximate surface area is 120 Å². The number of aromatic nitrogens is 5. The zero-order valence-electron chi connectivity index (χ0n) is 9.37. The second-order valence-corrected chi connectivity index (χ2v) is 6.99.